The van der Waals surface area contributed by atoms with E-state index < -0.39 is 41.3 Å². The molecule has 0 N–H and O–H groups in total. The average Bonchev–Trinajstić information content (AvgIpc) is 2.26. The molecule has 1 aromatic rings. The Bertz CT molecular complexity index is 486. The Balaban J connectivity index is 3.42. The molecule has 1 heterocycles. The number of carbonyl (C=O) groups is 1. The van der Waals surface area contributed by atoms with Gasteiger partial charge in [-0.05, 0) is 13.0 Å². The van der Waals surface area contributed by atoms with Gasteiger partial charge >= 0.3 is 12.1 Å². The molecule has 0 aliphatic rings. The van der Waals surface area contributed by atoms with Gasteiger partial charge in [-0.3, -0.25) is 0 Å². The zero-order valence-corrected chi connectivity index (χ0v) is 9.39. The van der Waals surface area contributed by atoms with Crippen molar-refractivity contribution in [3.05, 3.63) is 28.8 Å². The summed E-state index contributed by atoms with van der Waals surface area (Å²) in [5, 5.41) is 0. The van der Waals surface area contributed by atoms with Crippen LogP contribution in [0.25, 0.3) is 0 Å². The molecule has 3 nitrogen and oxygen atoms in total. The molecule has 1 rings (SSSR count). The smallest absolute Gasteiger partial charge is 0.436 e. The second-order valence-electron chi connectivity index (χ2n) is 3.27. The summed E-state index contributed by atoms with van der Waals surface area (Å²) in [5.41, 5.74) is -4.59. The van der Waals surface area contributed by atoms with Crippen LogP contribution in [0.15, 0.2) is 6.07 Å². The van der Waals surface area contributed by atoms with Crippen LogP contribution in [0.4, 0.5) is 26.3 Å². The molecular weight excluding hydrogens is 280 g/mol. The number of aromatic nitrogens is 1. The number of rotatable bonds is 3. The van der Waals surface area contributed by atoms with Crippen molar-refractivity contribution in [3.63, 3.8) is 0 Å². The first-order valence-corrected chi connectivity index (χ1v) is 4.91. The van der Waals surface area contributed by atoms with Crippen LogP contribution in [0.5, 0.6) is 0 Å². The first-order chi connectivity index (χ1) is 8.68. The zero-order valence-electron chi connectivity index (χ0n) is 9.39. The van der Waals surface area contributed by atoms with Gasteiger partial charge in [-0.15, -0.1) is 0 Å². The normalized spacial score (nSPS) is 11.8. The first-order valence-electron chi connectivity index (χ1n) is 4.91. The fourth-order valence-electron chi connectivity index (χ4n) is 1.24. The van der Waals surface area contributed by atoms with Gasteiger partial charge in [0, 0.05) is 0 Å². The molecule has 0 aliphatic carbocycles. The summed E-state index contributed by atoms with van der Waals surface area (Å²) >= 11 is 0. The fraction of sp³-hybridized carbons (Fsp3) is 0.400. The van der Waals surface area contributed by atoms with Crippen molar-refractivity contribution in [1.29, 1.82) is 0 Å². The number of carbonyl (C=O) groups excluding carboxylic acids is 1. The second-order valence-corrected chi connectivity index (χ2v) is 3.27. The van der Waals surface area contributed by atoms with E-state index in [0.717, 1.165) is 0 Å². The first kappa shape index (κ1) is 15.3. The highest BCUT2D eigenvalue weighted by atomic mass is 19.4. The molecule has 1 aromatic heterocycles. The predicted octanol–water partition coefficient (Wildman–Crippen LogP) is 3.35. The van der Waals surface area contributed by atoms with Crippen LogP contribution in [0.1, 0.15) is 35.1 Å². The molecule has 0 fully saturated rings. The van der Waals surface area contributed by atoms with E-state index in [1.165, 1.54) is 6.92 Å². The quantitative estimate of drug-likeness (QED) is 0.632. The largest absolute Gasteiger partial charge is 0.462 e. The SMILES string of the molecule is CCOC(=O)c1cc(F)c(C(F)(F)F)nc1C(F)F. The number of hydrogen-bond acceptors (Lipinski definition) is 3. The molecule has 0 aromatic carbocycles. The van der Waals surface area contributed by atoms with Gasteiger partial charge in [0.05, 0.1) is 12.2 Å². The number of esters is 1. The molecule has 0 saturated carbocycles. The van der Waals surface area contributed by atoms with Crippen molar-refractivity contribution >= 4 is 5.97 Å². The molecule has 0 saturated heterocycles. The van der Waals surface area contributed by atoms with Crippen molar-refractivity contribution in [3.8, 4) is 0 Å². The zero-order chi connectivity index (χ0) is 14.8. The lowest BCUT2D eigenvalue weighted by molar-refractivity contribution is -0.144. The second kappa shape index (κ2) is 5.45. The lowest BCUT2D eigenvalue weighted by Crippen LogP contribution is -2.17. The van der Waals surface area contributed by atoms with Crippen molar-refractivity contribution in [2.45, 2.75) is 19.5 Å². The summed E-state index contributed by atoms with van der Waals surface area (Å²) in [6, 6.07) is 0.0509. The topological polar surface area (TPSA) is 39.2 Å². The van der Waals surface area contributed by atoms with Crippen LogP contribution in [0.2, 0.25) is 0 Å². The van der Waals surface area contributed by atoms with Gasteiger partial charge in [-0.2, -0.15) is 13.2 Å². The maximum Gasteiger partial charge on any atom is 0.436 e. The summed E-state index contributed by atoms with van der Waals surface area (Å²) in [6.45, 7) is 1.15. The molecule has 0 spiro atoms. The molecular formula is C10H7F6NO2. The fourth-order valence-corrected chi connectivity index (χ4v) is 1.24. The molecule has 0 bridgehead atoms. The molecule has 19 heavy (non-hydrogen) atoms. The number of alkyl halides is 5. The maximum atomic E-state index is 13.2. The van der Waals surface area contributed by atoms with Crippen LogP contribution in [-0.2, 0) is 10.9 Å². The highest BCUT2D eigenvalue weighted by Crippen LogP contribution is 2.33. The lowest BCUT2D eigenvalue weighted by Gasteiger charge is -2.12. The number of nitrogens with zero attached hydrogens (tertiary/aromatic N) is 1. The lowest BCUT2D eigenvalue weighted by atomic mass is 10.1. The van der Waals surface area contributed by atoms with E-state index in [1.54, 1.807) is 0 Å². The van der Waals surface area contributed by atoms with E-state index >= 15 is 0 Å². The van der Waals surface area contributed by atoms with E-state index in [2.05, 4.69) is 9.72 Å². The van der Waals surface area contributed by atoms with Crippen LogP contribution >= 0.6 is 0 Å². The summed E-state index contributed by atoms with van der Waals surface area (Å²) in [7, 11) is 0. The monoisotopic (exact) mass is 287 g/mol. The third kappa shape index (κ3) is 3.36. The van der Waals surface area contributed by atoms with Crippen LogP contribution in [-0.4, -0.2) is 17.6 Å². The van der Waals surface area contributed by atoms with Crippen molar-refractivity contribution in [2.24, 2.45) is 0 Å². The Labute approximate surface area is 103 Å². The minimum atomic E-state index is -5.24. The van der Waals surface area contributed by atoms with Gasteiger partial charge in [0.1, 0.15) is 5.69 Å². The molecule has 0 amide bonds. The molecule has 0 radical (unpaired) electrons. The van der Waals surface area contributed by atoms with Gasteiger partial charge < -0.3 is 4.74 Å². The molecule has 0 atom stereocenters. The van der Waals surface area contributed by atoms with Crippen LogP contribution in [0, 0.1) is 5.82 Å². The van der Waals surface area contributed by atoms with Gasteiger partial charge in [-0.25, -0.2) is 22.9 Å². The molecule has 106 valence electrons. The van der Waals surface area contributed by atoms with Gasteiger partial charge in [0.15, 0.2) is 11.5 Å². The highest BCUT2D eigenvalue weighted by molar-refractivity contribution is 5.90. The third-order valence-electron chi connectivity index (χ3n) is 1.98. The van der Waals surface area contributed by atoms with Gasteiger partial charge in [0.2, 0.25) is 0 Å². The Hall–Kier alpha value is -1.80. The minimum Gasteiger partial charge on any atom is -0.462 e. The Morgan fingerprint density at radius 1 is 1.42 bits per heavy atom. The summed E-state index contributed by atoms with van der Waals surface area (Å²) in [5.74, 6) is -3.28. The number of pyridine rings is 1. The van der Waals surface area contributed by atoms with E-state index in [4.69, 9.17) is 0 Å². The number of ether oxygens (including phenoxy) is 1. The van der Waals surface area contributed by atoms with Crippen LogP contribution < -0.4 is 0 Å². The maximum absolute atomic E-state index is 13.2. The van der Waals surface area contributed by atoms with Gasteiger partial charge in [-0.1, -0.05) is 0 Å². The van der Waals surface area contributed by atoms with Crippen LogP contribution in [0.3, 0.4) is 0 Å². The summed E-state index contributed by atoms with van der Waals surface area (Å²) in [6.07, 6.45) is -8.71. The summed E-state index contributed by atoms with van der Waals surface area (Å²) < 4.78 is 79.6. The van der Waals surface area contributed by atoms with Crippen molar-refractivity contribution < 1.29 is 35.9 Å². The highest BCUT2D eigenvalue weighted by Gasteiger charge is 2.38. The molecule has 0 unspecified atom stereocenters. The van der Waals surface area contributed by atoms with E-state index in [1.807, 2.05) is 0 Å². The van der Waals surface area contributed by atoms with Gasteiger partial charge in [0.25, 0.3) is 6.43 Å². The van der Waals surface area contributed by atoms with E-state index in [0.29, 0.717) is 0 Å². The average molecular weight is 287 g/mol. The number of halogens is 6. The third-order valence-corrected chi connectivity index (χ3v) is 1.98. The standard InChI is InChI=1S/C10H7F6NO2/c1-2-19-9(18)4-3-5(11)7(10(14,15)16)17-6(4)8(12)13/h3,8H,2H2,1H3. The minimum absolute atomic E-state index is 0.0509. The van der Waals surface area contributed by atoms with E-state index in [-0.39, 0.29) is 12.7 Å². The van der Waals surface area contributed by atoms with E-state index in [9.17, 15) is 31.1 Å². The van der Waals surface area contributed by atoms with Crippen molar-refractivity contribution in [2.75, 3.05) is 6.61 Å². The Morgan fingerprint density at radius 3 is 2.42 bits per heavy atom. The Kier molecular flexibility index (Phi) is 4.38. The summed E-state index contributed by atoms with van der Waals surface area (Å²) in [4.78, 5) is 13.7. The molecule has 0 aliphatic heterocycles. The Morgan fingerprint density at radius 2 is 2.00 bits per heavy atom. The predicted molar refractivity (Wildman–Crippen MR) is 50.1 cm³/mol. The molecule has 9 heteroatoms. The van der Waals surface area contributed by atoms with Crippen molar-refractivity contribution in [1.82, 2.24) is 4.98 Å². The number of hydrogen-bond donors (Lipinski definition) is 0.